The number of benzene rings is 1. The van der Waals surface area contributed by atoms with Crippen LogP contribution in [0.15, 0.2) is 58.1 Å². The number of fused-ring (bicyclic) bond motifs is 1. The van der Waals surface area contributed by atoms with E-state index in [-0.39, 0.29) is 0 Å². The van der Waals surface area contributed by atoms with Crippen LogP contribution in [0.4, 0.5) is 0 Å². The Balaban J connectivity index is 1.79. The molecule has 0 aliphatic rings. The SMILES string of the molecule is [O-][n+]1ccccc1SCc1nc2ccccc2o1. The third kappa shape index (κ3) is 2.17. The zero-order valence-corrected chi connectivity index (χ0v) is 10.3. The molecule has 2 aromatic heterocycles. The van der Waals surface area contributed by atoms with E-state index in [0.717, 1.165) is 15.8 Å². The highest BCUT2D eigenvalue weighted by atomic mass is 32.2. The second-order valence-corrected chi connectivity index (χ2v) is 4.72. The number of nitrogens with zero attached hydrogens (tertiary/aromatic N) is 2. The van der Waals surface area contributed by atoms with Gasteiger partial charge in [0, 0.05) is 12.1 Å². The summed E-state index contributed by atoms with van der Waals surface area (Å²) in [7, 11) is 0. The number of oxazole rings is 1. The fourth-order valence-corrected chi connectivity index (χ4v) is 2.40. The molecule has 2 heterocycles. The van der Waals surface area contributed by atoms with Crippen molar-refractivity contribution in [3.8, 4) is 0 Å². The monoisotopic (exact) mass is 258 g/mol. The van der Waals surface area contributed by atoms with Crippen LogP contribution in [0, 0.1) is 5.21 Å². The van der Waals surface area contributed by atoms with Gasteiger partial charge in [-0.3, -0.25) is 0 Å². The quantitative estimate of drug-likeness (QED) is 0.412. The minimum atomic E-state index is 0.543. The molecule has 0 spiro atoms. The molecule has 0 fully saturated rings. The zero-order chi connectivity index (χ0) is 12.4. The first-order valence-corrected chi connectivity index (χ1v) is 6.47. The van der Waals surface area contributed by atoms with Gasteiger partial charge in [0.05, 0.1) is 5.75 Å². The number of thioether (sulfide) groups is 1. The number of para-hydroxylation sites is 2. The molecule has 18 heavy (non-hydrogen) atoms. The number of pyridine rings is 1. The van der Waals surface area contributed by atoms with Crippen molar-refractivity contribution in [3.05, 3.63) is 59.8 Å². The first kappa shape index (κ1) is 11.1. The molecule has 3 aromatic rings. The first-order valence-electron chi connectivity index (χ1n) is 5.48. The Bertz CT molecular complexity index is 648. The molecule has 3 rings (SSSR count). The number of hydrogen-bond acceptors (Lipinski definition) is 4. The minimum absolute atomic E-state index is 0.543. The Morgan fingerprint density at radius 3 is 2.83 bits per heavy atom. The van der Waals surface area contributed by atoms with Gasteiger partial charge in [-0.15, -0.1) is 0 Å². The summed E-state index contributed by atoms with van der Waals surface area (Å²) >= 11 is 1.41. The fraction of sp³-hybridized carbons (Fsp3) is 0.0769. The van der Waals surface area contributed by atoms with Gasteiger partial charge in [0.1, 0.15) is 5.52 Å². The molecule has 0 atom stereocenters. The highest BCUT2D eigenvalue weighted by Crippen LogP contribution is 2.22. The van der Waals surface area contributed by atoms with Gasteiger partial charge in [-0.25, -0.2) is 4.98 Å². The Labute approximate surface area is 108 Å². The number of hydrogen-bond donors (Lipinski definition) is 0. The fourth-order valence-electron chi connectivity index (χ4n) is 1.64. The van der Waals surface area contributed by atoms with Gasteiger partial charge in [-0.05, 0) is 30.0 Å². The van der Waals surface area contributed by atoms with Crippen LogP contribution in [-0.4, -0.2) is 4.98 Å². The molecular weight excluding hydrogens is 248 g/mol. The maximum Gasteiger partial charge on any atom is 0.251 e. The molecule has 1 aromatic carbocycles. The lowest BCUT2D eigenvalue weighted by atomic mass is 10.3. The lowest BCUT2D eigenvalue weighted by Crippen LogP contribution is -2.27. The lowest BCUT2D eigenvalue weighted by Gasteiger charge is -2.00. The summed E-state index contributed by atoms with van der Waals surface area (Å²) in [5.41, 5.74) is 1.62. The molecule has 0 unspecified atom stereocenters. The van der Waals surface area contributed by atoms with E-state index in [2.05, 4.69) is 4.98 Å². The molecule has 0 radical (unpaired) electrons. The predicted octanol–water partition coefficient (Wildman–Crippen LogP) is 2.75. The van der Waals surface area contributed by atoms with E-state index in [1.54, 1.807) is 12.1 Å². The van der Waals surface area contributed by atoms with Crippen LogP contribution < -0.4 is 4.73 Å². The van der Waals surface area contributed by atoms with Gasteiger partial charge < -0.3 is 9.62 Å². The maximum absolute atomic E-state index is 11.5. The molecule has 0 aliphatic carbocycles. The normalized spacial score (nSPS) is 10.9. The van der Waals surface area contributed by atoms with Crippen LogP contribution in [0.3, 0.4) is 0 Å². The van der Waals surface area contributed by atoms with Gasteiger partial charge in [-0.1, -0.05) is 12.1 Å². The van der Waals surface area contributed by atoms with Crippen LogP contribution in [0.5, 0.6) is 0 Å². The maximum atomic E-state index is 11.5. The van der Waals surface area contributed by atoms with E-state index >= 15 is 0 Å². The van der Waals surface area contributed by atoms with Crippen molar-refractivity contribution in [1.82, 2.24) is 4.98 Å². The molecule has 4 nitrogen and oxygen atoms in total. The summed E-state index contributed by atoms with van der Waals surface area (Å²) in [5.74, 6) is 1.17. The minimum Gasteiger partial charge on any atom is -0.618 e. The van der Waals surface area contributed by atoms with Crippen molar-refractivity contribution >= 4 is 22.9 Å². The van der Waals surface area contributed by atoms with Crippen LogP contribution >= 0.6 is 11.8 Å². The van der Waals surface area contributed by atoms with E-state index in [0.29, 0.717) is 16.7 Å². The molecule has 0 aliphatic heterocycles. The average molecular weight is 258 g/mol. The summed E-state index contributed by atoms with van der Waals surface area (Å²) in [6.07, 6.45) is 1.48. The van der Waals surface area contributed by atoms with Crippen molar-refractivity contribution in [3.63, 3.8) is 0 Å². The molecule has 90 valence electrons. The van der Waals surface area contributed by atoms with Gasteiger partial charge in [-0.2, -0.15) is 4.73 Å². The summed E-state index contributed by atoms with van der Waals surface area (Å²) in [6.45, 7) is 0. The second-order valence-electron chi connectivity index (χ2n) is 3.73. The van der Waals surface area contributed by atoms with E-state index in [1.165, 1.54) is 18.0 Å². The molecular formula is C13H10N2O2S. The molecule has 0 N–H and O–H groups in total. The molecule has 5 heteroatoms. The molecule has 0 saturated carbocycles. The smallest absolute Gasteiger partial charge is 0.251 e. The van der Waals surface area contributed by atoms with Crippen LogP contribution in [-0.2, 0) is 5.75 Å². The first-order chi connectivity index (χ1) is 8.83. The highest BCUT2D eigenvalue weighted by Gasteiger charge is 2.09. The Hall–Kier alpha value is -2.01. The summed E-state index contributed by atoms with van der Waals surface area (Å²) in [5, 5.41) is 12.1. The van der Waals surface area contributed by atoms with Crippen molar-refractivity contribution in [2.24, 2.45) is 0 Å². The summed E-state index contributed by atoms with van der Waals surface area (Å²) < 4.78 is 6.43. The predicted molar refractivity (Wildman–Crippen MR) is 69.0 cm³/mol. The lowest BCUT2D eigenvalue weighted by molar-refractivity contribution is -0.645. The van der Waals surface area contributed by atoms with Crippen LogP contribution in [0.2, 0.25) is 0 Å². The standard InChI is InChI=1S/C13H10N2O2S/c16-15-8-4-3-7-13(15)18-9-12-14-10-5-1-2-6-11(10)17-12/h1-8H,9H2. The largest absolute Gasteiger partial charge is 0.618 e. The van der Waals surface area contributed by atoms with E-state index in [4.69, 9.17) is 4.42 Å². The van der Waals surface area contributed by atoms with E-state index < -0.39 is 0 Å². The molecule has 0 saturated heterocycles. The summed E-state index contributed by atoms with van der Waals surface area (Å²) in [6, 6.07) is 12.9. The third-order valence-electron chi connectivity index (χ3n) is 2.47. The molecule has 0 amide bonds. The van der Waals surface area contributed by atoms with Crippen molar-refractivity contribution in [1.29, 1.82) is 0 Å². The summed E-state index contributed by atoms with van der Waals surface area (Å²) in [4.78, 5) is 4.36. The Morgan fingerprint density at radius 2 is 2.00 bits per heavy atom. The Morgan fingerprint density at radius 1 is 1.17 bits per heavy atom. The third-order valence-corrected chi connectivity index (χ3v) is 3.47. The number of rotatable bonds is 3. The van der Waals surface area contributed by atoms with Gasteiger partial charge in [0.15, 0.2) is 11.8 Å². The average Bonchev–Trinajstić information content (AvgIpc) is 2.80. The van der Waals surface area contributed by atoms with Crippen molar-refractivity contribution in [2.75, 3.05) is 0 Å². The van der Waals surface area contributed by atoms with Crippen molar-refractivity contribution in [2.45, 2.75) is 10.8 Å². The van der Waals surface area contributed by atoms with Crippen molar-refractivity contribution < 1.29 is 9.15 Å². The number of aromatic nitrogens is 2. The van der Waals surface area contributed by atoms with Gasteiger partial charge in [0.2, 0.25) is 5.89 Å². The Kier molecular flexibility index (Phi) is 2.90. The van der Waals surface area contributed by atoms with E-state index in [9.17, 15) is 5.21 Å². The van der Waals surface area contributed by atoms with Crippen LogP contribution in [0.25, 0.3) is 11.1 Å². The van der Waals surface area contributed by atoms with Gasteiger partial charge in [0.25, 0.3) is 5.03 Å². The second kappa shape index (κ2) is 4.70. The highest BCUT2D eigenvalue weighted by molar-refractivity contribution is 7.98. The zero-order valence-electron chi connectivity index (χ0n) is 9.45. The molecule has 0 bridgehead atoms. The van der Waals surface area contributed by atoms with Crippen LogP contribution in [0.1, 0.15) is 5.89 Å². The van der Waals surface area contributed by atoms with Gasteiger partial charge >= 0.3 is 0 Å². The van der Waals surface area contributed by atoms with E-state index in [1.807, 2.05) is 30.3 Å². The topological polar surface area (TPSA) is 53.0 Å².